The molecular formula is C12H13NOS. The van der Waals surface area contributed by atoms with Crippen LogP contribution >= 0.6 is 11.3 Å². The van der Waals surface area contributed by atoms with Crippen LogP contribution in [0.5, 0.6) is 5.75 Å². The SMILES string of the molecule is COc1ccc(-c2ncsc2C)cc1C. The zero-order chi connectivity index (χ0) is 10.8. The lowest BCUT2D eigenvalue weighted by atomic mass is 10.1. The summed E-state index contributed by atoms with van der Waals surface area (Å²) >= 11 is 1.67. The standard InChI is InChI=1S/C12H13NOS/c1-8-6-10(4-5-11(8)14-3)12-9(2)15-7-13-12/h4-7H,1-3H3. The first kappa shape index (κ1) is 10.2. The Kier molecular flexibility index (Phi) is 2.73. The molecule has 2 aromatic rings. The van der Waals surface area contributed by atoms with E-state index in [1.165, 1.54) is 4.88 Å². The third-order valence-corrected chi connectivity index (χ3v) is 3.17. The molecule has 0 bridgehead atoms. The van der Waals surface area contributed by atoms with Gasteiger partial charge in [-0.15, -0.1) is 11.3 Å². The summed E-state index contributed by atoms with van der Waals surface area (Å²) in [6.07, 6.45) is 0. The smallest absolute Gasteiger partial charge is 0.121 e. The van der Waals surface area contributed by atoms with Crippen LogP contribution in [0, 0.1) is 13.8 Å². The molecule has 0 saturated heterocycles. The van der Waals surface area contributed by atoms with Gasteiger partial charge in [0.25, 0.3) is 0 Å². The number of aromatic nitrogens is 1. The molecule has 0 unspecified atom stereocenters. The van der Waals surface area contributed by atoms with E-state index in [9.17, 15) is 0 Å². The molecule has 0 saturated carbocycles. The van der Waals surface area contributed by atoms with Crippen molar-refractivity contribution < 1.29 is 4.74 Å². The summed E-state index contributed by atoms with van der Waals surface area (Å²) in [6, 6.07) is 6.15. The van der Waals surface area contributed by atoms with Crippen LogP contribution in [0.15, 0.2) is 23.7 Å². The molecule has 0 atom stereocenters. The number of ether oxygens (including phenoxy) is 1. The number of nitrogens with zero attached hydrogens (tertiary/aromatic N) is 1. The third-order valence-electron chi connectivity index (χ3n) is 2.41. The average Bonchev–Trinajstić information content (AvgIpc) is 2.64. The van der Waals surface area contributed by atoms with E-state index >= 15 is 0 Å². The van der Waals surface area contributed by atoms with Crippen molar-refractivity contribution in [3.05, 3.63) is 34.2 Å². The monoisotopic (exact) mass is 219 g/mol. The van der Waals surface area contributed by atoms with Gasteiger partial charge in [-0.2, -0.15) is 0 Å². The highest BCUT2D eigenvalue weighted by Gasteiger charge is 2.06. The van der Waals surface area contributed by atoms with Crippen LogP contribution in [0.2, 0.25) is 0 Å². The predicted octanol–water partition coefficient (Wildman–Crippen LogP) is 3.44. The normalized spacial score (nSPS) is 10.3. The van der Waals surface area contributed by atoms with Crippen LogP contribution < -0.4 is 4.74 Å². The van der Waals surface area contributed by atoms with Gasteiger partial charge < -0.3 is 4.74 Å². The number of rotatable bonds is 2. The Morgan fingerprint density at radius 3 is 2.60 bits per heavy atom. The van der Waals surface area contributed by atoms with Gasteiger partial charge in [0, 0.05) is 10.4 Å². The average molecular weight is 219 g/mol. The van der Waals surface area contributed by atoms with Gasteiger partial charge in [0.05, 0.1) is 18.3 Å². The first-order valence-electron chi connectivity index (χ1n) is 4.77. The van der Waals surface area contributed by atoms with Crippen LogP contribution in [0.1, 0.15) is 10.4 Å². The first-order chi connectivity index (χ1) is 7.22. The van der Waals surface area contributed by atoms with Gasteiger partial charge in [-0.25, -0.2) is 4.98 Å². The lowest BCUT2D eigenvalue weighted by Gasteiger charge is -2.06. The maximum Gasteiger partial charge on any atom is 0.121 e. The topological polar surface area (TPSA) is 22.1 Å². The number of aryl methyl sites for hydroxylation is 2. The first-order valence-corrected chi connectivity index (χ1v) is 5.65. The summed E-state index contributed by atoms with van der Waals surface area (Å²) in [7, 11) is 1.69. The Balaban J connectivity index is 2.47. The zero-order valence-electron chi connectivity index (χ0n) is 9.07. The summed E-state index contributed by atoms with van der Waals surface area (Å²) in [5.74, 6) is 0.923. The van der Waals surface area contributed by atoms with Crippen molar-refractivity contribution in [2.75, 3.05) is 7.11 Å². The fourth-order valence-electron chi connectivity index (χ4n) is 1.61. The Bertz CT molecular complexity index is 476. The van der Waals surface area contributed by atoms with Gasteiger partial charge in [0.2, 0.25) is 0 Å². The number of hydrogen-bond acceptors (Lipinski definition) is 3. The highest BCUT2D eigenvalue weighted by molar-refractivity contribution is 7.10. The molecule has 0 spiro atoms. The van der Waals surface area contributed by atoms with E-state index in [-0.39, 0.29) is 0 Å². The minimum atomic E-state index is 0.923. The Morgan fingerprint density at radius 1 is 1.27 bits per heavy atom. The summed E-state index contributed by atoms with van der Waals surface area (Å²) < 4.78 is 5.23. The van der Waals surface area contributed by atoms with Crippen LogP contribution in [0.4, 0.5) is 0 Å². The number of methoxy groups -OCH3 is 1. The molecule has 0 fully saturated rings. The van der Waals surface area contributed by atoms with E-state index in [2.05, 4.69) is 18.0 Å². The minimum absolute atomic E-state index is 0.923. The molecule has 0 radical (unpaired) electrons. The molecule has 1 aromatic heterocycles. The highest BCUT2D eigenvalue weighted by atomic mass is 32.1. The van der Waals surface area contributed by atoms with E-state index in [4.69, 9.17) is 4.74 Å². The van der Waals surface area contributed by atoms with Gasteiger partial charge in [-0.3, -0.25) is 0 Å². The van der Waals surface area contributed by atoms with E-state index in [0.717, 1.165) is 22.6 Å². The maximum atomic E-state index is 5.23. The molecule has 0 amide bonds. The second-order valence-electron chi connectivity index (χ2n) is 3.44. The van der Waals surface area contributed by atoms with Crippen LogP contribution in [-0.2, 0) is 0 Å². The summed E-state index contributed by atoms with van der Waals surface area (Å²) in [5, 5.41) is 0. The van der Waals surface area contributed by atoms with Crippen molar-refractivity contribution in [1.29, 1.82) is 0 Å². The van der Waals surface area contributed by atoms with Gasteiger partial charge in [0.1, 0.15) is 5.75 Å². The zero-order valence-corrected chi connectivity index (χ0v) is 9.89. The molecular weight excluding hydrogens is 206 g/mol. The van der Waals surface area contributed by atoms with Gasteiger partial charge in [-0.1, -0.05) is 0 Å². The molecule has 2 nitrogen and oxygen atoms in total. The van der Waals surface area contributed by atoms with Crippen molar-refractivity contribution in [1.82, 2.24) is 4.98 Å². The van der Waals surface area contributed by atoms with E-state index in [0.29, 0.717) is 0 Å². The predicted molar refractivity (Wildman–Crippen MR) is 63.6 cm³/mol. The number of hydrogen-bond donors (Lipinski definition) is 0. The van der Waals surface area contributed by atoms with E-state index in [1.807, 2.05) is 24.6 Å². The molecule has 2 rings (SSSR count). The van der Waals surface area contributed by atoms with Crippen molar-refractivity contribution in [2.24, 2.45) is 0 Å². The lowest BCUT2D eigenvalue weighted by molar-refractivity contribution is 0.412. The van der Waals surface area contributed by atoms with Gasteiger partial charge >= 0.3 is 0 Å². The Labute approximate surface area is 93.6 Å². The molecule has 0 aliphatic rings. The van der Waals surface area contributed by atoms with Gasteiger partial charge in [-0.05, 0) is 37.6 Å². The van der Waals surface area contributed by atoms with Crippen molar-refractivity contribution in [3.63, 3.8) is 0 Å². The summed E-state index contributed by atoms with van der Waals surface area (Å²) in [4.78, 5) is 5.61. The van der Waals surface area contributed by atoms with Gasteiger partial charge in [0.15, 0.2) is 0 Å². The van der Waals surface area contributed by atoms with Crippen molar-refractivity contribution >= 4 is 11.3 Å². The summed E-state index contributed by atoms with van der Waals surface area (Å²) in [6.45, 7) is 4.14. The molecule has 3 heteroatoms. The lowest BCUT2D eigenvalue weighted by Crippen LogP contribution is -1.88. The number of thiazole rings is 1. The largest absolute Gasteiger partial charge is 0.496 e. The quantitative estimate of drug-likeness (QED) is 0.772. The second-order valence-corrected chi connectivity index (χ2v) is 4.50. The van der Waals surface area contributed by atoms with E-state index in [1.54, 1.807) is 18.4 Å². The second kappa shape index (κ2) is 4.03. The van der Waals surface area contributed by atoms with Crippen molar-refractivity contribution in [3.8, 4) is 17.0 Å². The summed E-state index contributed by atoms with van der Waals surface area (Å²) in [5.41, 5.74) is 5.25. The van der Waals surface area contributed by atoms with Crippen LogP contribution in [0.25, 0.3) is 11.3 Å². The van der Waals surface area contributed by atoms with Crippen molar-refractivity contribution in [2.45, 2.75) is 13.8 Å². The molecule has 0 aliphatic carbocycles. The molecule has 15 heavy (non-hydrogen) atoms. The third kappa shape index (κ3) is 1.88. The maximum absolute atomic E-state index is 5.23. The molecule has 1 aromatic carbocycles. The molecule has 78 valence electrons. The minimum Gasteiger partial charge on any atom is -0.496 e. The van der Waals surface area contributed by atoms with Crippen LogP contribution in [0.3, 0.4) is 0 Å². The fourth-order valence-corrected chi connectivity index (χ4v) is 2.21. The van der Waals surface area contributed by atoms with E-state index < -0.39 is 0 Å². The molecule has 0 aliphatic heterocycles. The Morgan fingerprint density at radius 2 is 2.07 bits per heavy atom. The number of benzene rings is 1. The van der Waals surface area contributed by atoms with Crippen LogP contribution in [-0.4, -0.2) is 12.1 Å². The highest BCUT2D eigenvalue weighted by Crippen LogP contribution is 2.28. The molecule has 1 heterocycles. The Hall–Kier alpha value is -1.35. The molecule has 0 N–H and O–H groups in total. The fraction of sp³-hybridized carbons (Fsp3) is 0.250.